The van der Waals surface area contributed by atoms with E-state index in [0.29, 0.717) is 6.04 Å². The molecule has 2 rings (SSSR count). The lowest BCUT2D eigenvalue weighted by Gasteiger charge is -2.38. The predicted octanol–water partition coefficient (Wildman–Crippen LogP) is 2.44. The first-order chi connectivity index (χ1) is 9.18. The Bertz CT molecular complexity index is 281. The molecule has 2 saturated heterocycles. The zero-order chi connectivity index (χ0) is 13.7. The molecule has 0 aromatic heterocycles. The van der Waals surface area contributed by atoms with Gasteiger partial charge in [0.1, 0.15) is 0 Å². The van der Waals surface area contributed by atoms with Crippen molar-refractivity contribution in [3.8, 4) is 0 Å². The number of carbonyl (C=O) groups excluding carboxylic acids is 1. The summed E-state index contributed by atoms with van der Waals surface area (Å²) >= 11 is 0. The van der Waals surface area contributed by atoms with Gasteiger partial charge in [-0.25, -0.2) is 4.79 Å². The van der Waals surface area contributed by atoms with Gasteiger partial charge in [0.05, 0.1) is 0 Å². The van der Waals surface area contributed by atoms with Gasteiger partial charge in [-0.05, 0) is 52.5 Å². The lowest BCUT2D eigenvalue weighted by molar-refractivity contribution is 0.123. The monoisotopic (exact) mass is 267 g/mol. The van der Waals surface area contributed by atoms with Crippen molar-refractivity contribution < 1.29 is 4.79 Å². The van der Waals surface area contributed by atoms with Crippen LogP contribution in [0.5, 0.6) is 0 Å². The zero-order valence-corrected chi connectivity index (χ0v) is 12.5. The van der Waals surface area contributed by atoms with Crippen molar-refractivity contribution in [3.63, 3.8) is 0 Å². The first-order valence-electron chi connectivity index (χ1n) is 7.97. The van der Waals surface area contributed by atoms with Gasteiger partial charge in [0, 0.05) is 31.7 Å². The highest BCUT2D eigenvalue weighted by atomic mass is 16.2. The van der Waals surface area contributed by atoms with Crippen LogP contribution < -0.4 is 5.32 Å². The van der Waals surface area contributed by atoms with Crippen LogP contribution >= 0.6 is 0 Å². The maximum absolute atomic E-state index is 12.6. The number of urea groups is 1. The maximum atomic E-state index is 12.6. The third kappa shape index (κ3) is 4.10. The molecule has 2 aliphatic rings. The first-order valence-corrected chi connectivity index (χ1v) is 7.97. The van der Waals surface area contributed by atoms with Crippen molar-refractivity contribution in [1.82, 2.24) is 15.1 Å². The molecule has 4 heteroatoms. The number of likely N-dealkylation sites (tertiary alicyclic amines) is 1. The molecule has 0 aliphatic carbocycles. The maximum Gasteiger partial charge on any atom is 0.320 e. The molecule has 2 aliphatic heterocycles. The van der Waals surface area contributed by atoms with Gasteiger partial charge in [0.25, 0.3) is 0 Å². The lowest BCUT2D eigenvalue weighted by atomic mass is 10.0. The normalized spacial score (nSPS) is 24.6. The van der Waals surface area contributed by atoms with Gasteiger partial charge in [-0.1, -0.05) is 6.42 Å². The van der Waals surface area contributed by atoms with E-state index in [0.717, 1.165) is 26.2 Å². The van der Waals surface area contributed by atoms with Crippen LogP contribution in [0.2, 0.25) is 0 Å². The van der Waals surface area contributed by atoms with E-state index in [-0.39, 0.29) is 12.1 Å². The Balaban J connectivity index is 1.91. The largest absolute Gasteiger partial charge is 0.325 e. The predicted molar refractivity (Wildman–Crippen MR) is 78.3 cm³/mol. The van der Waals surface area contributed by atoms with Gasteiger partial charge in [-0.3, -0.25) is 0 Å². The Morgan fingerprint density at radius 3 is 2.53 bits per heavy atom. The zero-order valence-electron chi connectivity index (χ0n) is 12.5. The van der Waals surface area contributed by atoms with E-state index < -0.39 is 0 Å². The molecule has 19 heavy (non-hydrogen) atoms. The van der Waals surface area contributed by atoms with Gasteiger partial charge in [-0.2, -0.15) is 0 Å². The second-order valence-electron chi connectivity index (χ2n) is 6.22. The average Bonchev–Trinajstić information content (AvgIpc) is 2.46. The van der Waals surface area contributed by atoms with E-state index in [1.807, 2.05) is 4.90 Å². The highest BCUT2D eigenvalue weighted by molar-refractivity contribution is 5.75. The Hall–Kier alpha value is -0.770. The molecule has 2 heterocycles. The topological polar surface area (TPSA) is 35.6 Å². The van der Waals surface area contributed by atoms with Crippen LogP contribution in [0.4, 0.5) is 4.79 Å². The van der Waals surface area contributed by atoms with Gasteiger partial charge >= 0.3 is 6.03 Å². The molecule has 4 nitrogen and oxygen atoms in total. The van der Waals surface area contributed by atoms with E-state index in [1.54, 1.807) is 0 Å². The fraction of sp³-hybridized carbons (Fsp3) is 0.933. The Kier molecular flexibility index (Phi) is 5.49. The summed E-state index contributed by atoms with van der Waals surface area (Å²) in [4.78, 5) is 16.7. The Labute approximate surface area is 117 Å². The van der Waals surface area contributed by atoms with Crippen LogP contribution in [0.1, 0.15) is 52.4 Å². The first kappa shape index (κ1) is 14.6. The van der Waals surface area contributed by atoms with Crippen LogP contribution in [-0.4, -0.2) is 54.1 Å². The summed E-state index contributed by atoms with van der Waals surface area (Å²) < 4.78 is 0. The minimum atomic E-state index is 0.252. The van der Waals surface area contributed by atoms with Crippen molar-refractivity contribution in [2.45, 2.75) is 64.5 Å². The van der Waals surface area contributed by atoms with Gasteiger partial charge in [0.15, 0.2) is 0 Å². The van der Waals surface area contributed by atoms with Crippen LogP contribution in [-0.2, 0) is 0 Å². The van der Waals surface area contributed by atoms with Crippen molar-refractivity contribution in [1.29, 1.82) is 0 Å². The standard InChI is InChI=1S/C15H29N3O/c1-13(2)18(12-14-8-4-5-9-16-14)15(19)17-10-6-3-7-11-17/h13-14,16H,3-12H2,1-2H3. The van der Waals surface area contributed by atoms with Crippen LogP contribution in [0.25, 0.3) is 0 Å². The molecule has 0 aromatic rings. The second-order valence-corrected chi connectivity index (χ2v) is 6.22. The fourth-order valence-corrected chi connectivity index (χ4v) is 3.09. The van der Waals surface area contributed by atoms with Crippen molar-refractivity contribution >= 4 is 6.03 Å². The third-order valence-electron chi connectivity index (χ3n) is 4.33. The number of amides is 2. The molecule has 0 bridgehead atoms. The number of nitrogens with zero attached hydrogens (tertiary/aromatic N) is 2. The molecule has 110 valence electrons. The van der Waals surface area contributed by atoms with Crippen molar-refractivity contribution in [2.75, 3.05) is 26.2 Å². The summed E-state index contributed by atoms with van der Waals surface area (Å²) in [5.41, 5.74) is 0. The molecule has 1 N–H and O–H groups in total. The van der Waals surface area contributed by atoms with E-state index in [2.05, 4.69) is 24.1 Å². The average molecular weight is 267 g/mol. The number of rotatable bonds is 3. The van der Waals surface area contributed by atoms with E-state index >= 15 is 0 Å². The molecule has 0 saturated carbocycles. The SMILES string of the molecule is CC(C)N(CC1CCCCN1)C(=O)N1CCCCC1. The van der Waals surface area contributed by atoms with E-state index in [1.165, 1.54) is 38.5 Å². The van der Waals surface area contributed by atoms with E-state index in [9.17, 15) is 4.79 Å². The molecule has 0 aromatic carbocycles. The summed E-state index contributed by atoms with van der Waals surface area (Å²) in [6.45, 7) is 8.12. The second kappa shape index (κ2) is 7.13. The van der Waals surface area contributed by atoms with Crippen LogP contribution in [0.3, 0.4) is 0 Å². The summed E-state index contributed by atoms with van der Waals surface area (Å²) in [7, 11) is 0. The minimum Gasteiger partial charge on any atom is -0.325 e. The molecule has 1 unspecified atom stereocenters. The number of hydrogen-bond donors (Lipinski definition) is 1. The number of nitrogens with one attached hydrogen (secondary N) is 1. The number of hydrogen-bond acceptors (Lipinski definition) is 2. The molecular weight excluding hydrogens is 238 g/mol. The number of piperidine rings is 2. The highest BCUT2D eigenvalue weighted by Crippen LogP contribution is 2.15. The molecular formula is C15H29N3O. The number of carbonyl (C=O) groups is 1. The molecule has 1 atom stereocenters. The van der Waals surface area contributed by atoms with Crippen molar-refractivity contribution in [2.24, 2.45) is 0 Å². The van der Waals surface area contributed by atoms with Crippen LogP contribution in [0, 0.1) is 0 Å². The Morgan fingerprint density at radius 2 is 1.95 bits per heavy atom. The van der Waals surface area contributed by atoms with Gasteiger partial charge in [-0.15, -0.1) is 0 Å². The highest BCUT2D eigenvalue weighted by Gasteiger charge is 2.27. The fourth-order valence-electron chi connectivity index (χ4n) is 3.09. The summed E-state index contributed by atoms with van der Waals surface area (Å²) in [5.74, 6) is 0. The molecule has 2 fully saturated rings. The van der Waals surface area contributed by atoms with Crippen LogP contribution in [0.15, 0.2) is 0 Å². The summed E-state index contributed by atoms with van der Waals surface area (Å²) in [6.07, 6.45) is 7.38. The van der Waals surface area contributed by atoms with Gasteiger partial charge in [0.2, 0.25) is 0 Å². The summed E-state index contributed by atoms with van der Waals surface area (Å²) in [6, 6.07) is 1.03. The molecule has 0 spiro atoms. The van der Waals surface area contributed by atoms with Crippen molar-refractivity contribution in [3.05, 3.63) is 0 Å². The quantitative estimate of drug-likeness (QED) is 0.852. The third-order valence-corrected chi connectivity index (χ3v) is 4.33. The summed E-state index contributed by atoms with van der Waals surface area (Å²) in [5, 5.41) is 3.55. The van der Waals surface area contributed by atoms with E-state index in [4.69, 9.17) is 0 Å². The molecule has 0 radical (unpaired) electrons. The smallest absolute Gasteiger partial charge is 0.320 e. The minimum absolute atomic E-state index is 0.252. The lowest BCUT2D eigenvalue weighted by Crippen LogP contribution is -2.53. The Morgan fingerprint density at radius 1 is 1.21 bits per heavy atom. The van der Waals surface area contributed by atoms with Gasteiger partial charge < -0.3 is 15.1 Å². The molecule has 2 amide bonds.